The normalized spacial score (nSPS) is 12.2. The number of hydrogen-bond acceptors (Lipinski definition) is 7. The van der Waals surface area contributed by atoms with Crippen LogP contribution in [0.2, 0.25) is 0 Å². The van der Waals surface area contributed by atoms with E-state index >= 15 is 0 Å². The van der Waals surface area contributed by atoms with Gasteiger partial charge in [-0.1, -0.05) is 25.1 Å². The third kappa shape index (κ3) is 12.3. The second kappa shape index (κ2) is 16.2. The average molecular weight is 505 g/mol. The Bertz CT molecular complexity index is 909. The second-order valence-electron chi connectivity index (χ2n) is 8.90. The summed E-state index contributed by atoms with van der Waals surface area (Å²) in [5, 5.41) is 5.12. The first-order valence-corrected chi connectivity index (χ1v) is 12.1. The predicted octanol–water partition coefficient (Wildman–Crippen LogP) is 0.240. The fraction of sp³-hybridized carbons (Fsp3) is 0.560. The van der Waals surface area contributed by atoms with Crippen molar-refractivity contribution in [2.45, 2.75) is 58.9 Å². The molecule has 0 radical (unpaired) electrons. The smallest absolute Gasteiger partial charge is 0.234 e. The molecule has 0 saturated heterocycles. The minimum absolute atomic E-state index is 0.0270. The summed E-state index contributed by atoms with van der Waals surface area (Å²) >= 11 is 0. The molecule has 0 aliphatic heterocycles. The Morgan fingerprint density at radius 2 is 1.72 bits per heavy atom. The molecular weight excluding hydrogens is 464 g/mol. The number of aryl methyl sites for hydroxylation is 2. The van der Waals surface area contributed by atoms with Crippen LogP contribution in [0.5, 0.6) is 5.75 Å². The van der Waals surface area contributed by atoms with Crippen LogP contribution in [0.3, 0.4) is 0 Å². The van der Waals surface area contributed by atoms with Crippen molar-refractivity contribution in [1.82, 2.24) is 10.6 Å². The first-order valence-electron chi connectivity index (χ1n) is 12.1. The van der Waals surface area contributed by atoms with Gasteiger partial charge in [-0.3, -0.25) is 24.2 Å². The number of hydrogen-bond donors (Lipinski definition) is 5. The maximum atomic E-state index is 12.5. The van der Waals surface area contributed by atoms with Gasteiger partial charge < -0.3 is 32.6 Å². The number of para-hydroxylation sites is 1. The van der Waals surface area contributed by atoms with E-state index in [9.17, 15) is 19.2 Å². The van der Waals surface area contributed by atoms with Gasteiger partial charge in [-0.15, -0.1) is 0 Å². The van der Waals surface area contributed by atoms with Crippen molar-refractivity contribution in [3.63, 3.8) is 0 Å². The number of Topliss-reactive ketones (excluding diaryl/α,β-unsaturated/α-hetero) is 2. The number of benzene rings is 1. The molecule has 11 nitrogen and oxygen atoms in total. The lowest BCUT2D eigenvalue weighted by Gasteiger charge is -2.17. The van der Waals surface area contributed by atoms with E-state index < -0.39 is 17.9 Å². The van der Waals surface area contributed by atoms with Crippen LogP contribution in [0, 0.1) is 19.8 Å². The van der Waals surface area contributed by atoms with E-state index in [1.807, 2.05) is 39.0 Å². The second-order valence-corrected chi connectivity index (χ2v) is 8.90. The lowest BCUT2D eigenvalue weighted by Crippen LogP contribution is -2.44. The van der Waals surface area contributed by atoms with Gasteiger partial charge in [-0.25, -0.2) is 0 Å². The zero-order valence-electron chi connectivity index (χ0n) is 21.5. The zero-order valence-corrected chi connectivity index (χ0v) is 21.5. The van der Waals surface area contributed by atoms with E-state index in [4.69, 9.17) is 21.9 Å². The molecule has 0 heterocycles. The van der Waals surface area contributed by atoms with Gasteiger partial charge in [0.2, 0.25) is 11.8 Å². The van der Waals surface area contributed by atoms with E-state index in [2.05, 4.69) is 15.6 Å². The summed E-state index contributed by atoms with van der Waals surface area (Å²) in [7, 11) is 0. The van der Waals surface area contributed by atoms with Crippen LogP contribution >= 0.6 is 0 Å². The van der Waals surface area contributed by atoms with E-state index in [1.54, 1.807) is 0 Å². The number of nitrogens with one attached hydrogen (secondary N) is 2. The maximum absolute atomic E-state index is 12.5. The Hall–Kier alpha value is -3.47. The fourth-order valence-corrected chi connectivity index (χ4v) is 3.54. The minimum atomic E-state index is -0.789. The molecule has 200 valence electrons. The number of aliphatic imine (C=N–C) groups is 1. The summed E-state index contributed by atoms with van der Waals surface area (Å²) in [6.45, 7) is 6.18. The fourth-order valence-electron chi connectivity index (χ4n) is 3.54. The number of ether oxygens (including phenoxy) is 1. The number of carbonyl (C=O) groups excluding carboxylic acids is 4. The Morgan fingerprint density at radius 1 is 1.06 bits per heavy atom. The van der Waals surface area contributed by atoms with Crippen LogP contribution in [0.1, 0.15) is 50.2 Å². The molecule has 0 saturated carbocycles. The first kappa shape index (κ1) is 30.6. The molecule has 0 aromatic heterocycles. The number of nitrogens with zero attached hydrogens (tertiary/aromatic N) is 1. The molecule has 0 bridgehead atoms. The molecule has 11 heteroatoms. The number of amides is 2. The highest BCUT2D eigenvalue weighted by Crippen LogP contribution is 2.23. The van der Waals surface area contributed by atoms with Crippen LogP contribution < -0.4 is 32.6 Å². The maximum Gasteiger partial charge on any atom is 0.234 e. The SMILES string of the molecule is Cc1cccc(C)c1OCC(C)CC(=O)CNC(=O)CCC(=O)C(CCCN=C(N)N)NC(=O)CN. The summed E-state index contributed by atoms with van der Waals surface area (Å²) in [5.41, 5.74) is 17.9. The van der Waals surface area contributed by atoms with Crippen LogP contribution in [0.4, 0.5) is 0 Å². The molecule has 0 aliphatic carbocycles. The predicted molar refractivity (Wildman–Crippen MR) is 138 cm³/mol. The zero-order chi connectivity index (χ0) is 27.1. The molecule has 1 aromatic rings. The van der Waals surface area contributed by atoms with Crippen molar-refractivity contribution in [3.8, 4) is 5.75 Å². The van der Waals surface area contributed by atoms with Crippen molar-refractivity contribution in [3.05, 3.63) is 29.3 Å². The Kier molecular flexibility index (Phi) is 13.8. The lowest BCUT2D eigenvalue weighted by atomic mass is 10.0. The lowest BCUT2D eigenvalue weighted by molar-refractivity contribution is -0.129. The van der Waals surface area contributed by atoms with Crippen LogP contribution in [-0.2, 0) is 19.2 Å². The third-order valence-corrected chi connectivity index (χ3v) is 5.43. The molecule has 8 N–H and O–H groups in total. The van der Waals surface area contributed by atoms with Crippen LogP contribution in [0.25, 0.3) is 0 Å². The van der Waals surface area contributed by atoms with Gasteiger partial charge in [0, 0.05) is 25.8 Å². The molecule has 0 fully saturated rings. The number of rotatable bonds is 17. The summed E-state index contributed by atoms with van der Waals surface area (Å²) in [6.07, 6.45) is 0.847. The number of nitrogens with two attached hydrogens (primary N) is 3. The summed E-state index contributed by atoms with van der Waals surface area (Å²) < 4.78 is 5.89. The number of ketones is 2. The quantitative estimate of drug-likeness (QED) is 0.113. The van der Waals surface area contributed by atoms with Crippen LogP contribution in [0.15, 0.2) is 23.2 Å². The van der Waals surface area contributed by atoms with Gasteiger partial charge in [0.25, 0.3) is 0 Å². The third-order valence-electron chi connectivity index (χ3n) is 5.43. The van der Waals surface area contributed by atoms with Crippen molar-refractivity contribution < 1.29 is 23.9 Å². The van der Waals surface area contributed by atoms with Gasteiger partial charge in [-0.2, -0.15) is 0 Å². The number of carbonyl (C=O) groups is 4. The molecule has 0 spiro atoms. The molecular formula is C25H40N6O5. The molecule has 1 aromatic carbocycles. The highest BCUT2D eigenvalue weighted by atomic mass is 16.5. The topological polar surface area (TPSA) is 192 Å². The van der Waals surface area contributed by atoms with E-state index in [0.717, 1.165) is 16.9 Å². The highest BCUT2D eigenvalue weighted by Gasteiger charge is 2.21. The molecule has 36 heavy (non-hydrogen) atoms. The van der Waals surface area contributed by atoms with Gasteiger partial charge >= 0.3 is 0 Å². The summed E-state index contributed by atoms with van der Waals surface area (Å²) in [4.78, 5) is 52.5. The highest BCUT2D eigenvalue weighted by molar-refractivity contribution is 5.92. The summed E-state index contributed by atoms with van der Waals surface area (Å²) in [6, 6.07) is 5.12. The Labute approximate surface area is 212 Å². The van der Waals surface area contributed by atoms with Crippen LogP contribution in [-0.4, -0.2) is 61.6 Å². The van der Waals surface area contributed by atoms with Gasteiger partial charge in [-0.05, 0) is 43.7 Å². The molecule has 1 rings (SSSR count). The Morgan fingerprint density at radius 3 is 2.33 bits per heavy atom. The van der Waals surface area contributed by atoms with Gasteiger partial charge in [0.15, 0.2) is 17.5 Å². The molecule has 2 atom stereocenters. The molecule has 0 aliphatic rings. The first-order chi connectivity index (χ1) is 17.0. The van der Waals surface area contributed by atoms with Crippen molar-refractivity contribution in [2.24, 2.45) is 28.1 Å². The molecule has 2 unspecified atom stereocenters. The largest absolute Gasteiger partial charge is 0.493 e. The van der Waals surface area contributed by atoms with E-state index in [-0.39, 0.29) is 55.8 Å². The average Bonchev–Trinajstić information content (AvgIpc) is 2.82. The van der Waals surface area contributed by atoms with Crippen molar-refractivity contribution >= 4 is 29.3 Å². The van der Waals surface area contributed by atoms with E-state index in [0.29, 0.717) is 26.0 Å². The van der Waals surface area contributed by atoms with E-state index in [1.165, 1.54) is 0 Å². The Balaban J connectivity index is 2.41. The summed E-state index contributed by atoms with van der Waals surface area (Å²) in [5.74, 6) is -0.576. The van der Waals surface area contributed by atoms with Gasteiger partial charge in [0.1, 0.15) is 5.75 Å². The van der Waals surface area contributed by atoms with Gasteiger partial charge in [0.05, 0.1) is 25.7 Å². The molecule has 2 amide bonds. The van der Waals surface area contributed by atoms with Crippen molar-refractivity contribution in [1.29, 1.82) is 0 Å². The standard InChI is InChI=1S/C25H40N6O5/c1-16(15-36-24-17(2)6-4-7-18(24)3)12-19(32)14-30-22(34)10-9-21(33)20(31-23(35)13-26)8-5-11-29-25(27)28/h4,6-7,16,20H,5,8-15,26H2,1-3H3,(H,30,34)(H,31,35)(H4,27,28,29). The number of guanidine groups is 1. The monoisotopic (exact) mass is 504 g/mol. The minimum Gasteiger partial charge on any atom is -0.493 e. The van der Waals surface area contributed by atoms with Crippen molar-refractivity contribution in [2.75, 3.05) is 26.2 Å².